The fraction of sp³-hybridized carbons (Fsp3) is 0.500. The lowest BCUT2D eigenvalue weighted by Gasteiger charge is -2.12. The van der Waals surface area contributed by atoms with Gasteiger partial charge in [0.15, 0.2) is 11.5 Å². The number of ketones is 1. The Kier molecular flexibility index (Phi) is 8.46. The zero-order valence-electron chi connectivity index (χ0n) is 14.9. The van der Waals surface area contributed by atoms with Gasteiger partial charge in [0.25, 0.3) is 0 Å². The van der Waals surface area contributed by atoms with E-state index < -0.39 is 23.1 Å². The quantitative estimate of drug-likeness (QED) is 0.188. The van der Waals surface area contributed by atoms with Crippen LogP contribution >= 0.6 is 0 Å². The van der Waals surface area contributed by atoms with Gasteiger partial charge in [0.05, 0.1) is 25.7 Å². The van der Waals surface area contributed by atoms with Gasteiger partial charge in [-0.15, -0.1) is 0 Å². The van der Waals surface area contributed by atoms with Crippen LogP contribution in [0.15, 0.2) is 18.2 Å². The third kappa shape index (κ3) is 6.65. The predicted molar refractivity (Wildman–Crippen MR) is 86.8 cm³/mol. The zero-order valence-corrected chi connectivity index (χ0v) is 14.9. The summed E-state index contributed by atoms with van der Waals surface area (Å²) in [5.74, 6) is -1.33. The number of hydrogen-bond donors (Lipinski definition) is 0. The Labute approximate surface area is 150 Å². The summed E-state index contributed by atoms with van der Waals surface area (Å²) in [4.78, 5) is 41.4. The smallest absolute Gasteiger partial charge is 0.467 e. The molecule has 1 aromatic rings. The summed E-state index contributed by atoms with van der Waals surface area (Å²) in [6.45, 7) is 3.24. The van der Waals surface area contributed by atoms with Crippen LogP contribution in [0.2, 0.25) is 0 Å². The number of benzene rings is 1. The SMILES string of the molecule is COc1ccc(COC(OOC(=O)C(=O)CC(C)C)[N+](=O)[O-])cc1OC. The van der Waals surface area contributed by atoms with Gasteiger partial charge < -0.3 is 9.47 Å². The third-order valence-electron chi connectivity index (χ3n) is 3.04. The molecule has 0 radical (unpaired) electrons. The Hall–Kier alpha value is -2.72. The van der Waals surface area contributed by atoms with E-state index in [-0.39, 0.29) is 18.9 Å². The second kappa shape index (κ2) is 10.3. The molecule has 10 nitrogen and oxygen atoms in total. The molecule has 0 aliphatic rings. The first-order chi connectivity index (χ1) is 12.3. The van der Waals surface area contributed by atoms with Gasteiger partial charge in [0.2, 0.25) is 5.78 Å². The van der Waals surface area contributed by atoms with Gasteiger partial charge in [-0.3, -0.25) is 24.5 Å². The van der Waals surface area contributed by atoms with E-state index in [4.69, 9.17) is 14.2 Å². The average Bonchev–Trinajstić information content (AvgIpc) is 2.60. The molecule has 0 aliphatic heterocycles. The first kappa shape index (κ1) is 21.3. The molecule has 0 N–H and O–H groups in total. The average molecular weight is 371 g/mol. The van der Waals surface area contributed by atoms with E-state index in [1.165, 1.54) is 14.2 Å². The molecule has 1 aromatic carbocycles. The Bertz CT molecular complexity index is 645. The number of nitro groups is 1. The first-order valence-electron chi connectivity index (χ1n) is 7.65. The maximum atomic E-state index is 11.5. The minimum Gasteiger partial charge on any atom is -0.493 e. The van der Waals surface area contributed by atoms with Crippen LogP contribution in [0.3, 0.4) is 0 Å². The van der Waals surface area contributed by atoms with Crippen molar-refractivity contribution in [2.75, 3.05) is 14.2 Å². The number of hydrogen-bond acceptors (Lipinski definition) is 9. The molecule has 0 amide bonds. The van der Waals surface area contributed by atoms with Crippen LogP contribution in [0.5, 0.6) is 11.5 Å². The van der Waals surface area contributed by atoms with Gasteiger partial charge in [-0.1, -0.05) is 24.8 Å². The molecule has 1 atom stereocenters. The molecule has 0 aromatic heterocycles. The lowest BCUT2D eigenvalue weighted by molar-refractivity contribution is -0.669. The maximum absolute atomic E-state index is 11.5. The number of ether oxygens (including phenoxy) is 3. The van der Waals surface area contributed by atoms with E-state index in [9.17, 15) is 19.7 Å². The highest BCUT2D eigenvalue weighted by Crippen LogP contribution is 2.27. The largest absolute Gasteiger partial charge is 0.493 e. The van der Waals surface area contributed by atoms with Crippen LogP contribution < -0.4 is 9.47 Å². The van der Waals surface area contributed by atoms with Gasteiger partial charge >= 0.3 is 12.4 Å². The molecule has 0 bridgehead atoms. The number of carbonyl (C=O) groups excluding carboxylic acids is 2. The predicted octanol–water partition coefficient (Wildman–Crippen LogP) is 1.87. The van der Waals surface area contributed by atoms with E-state index >= 15 is 0 Å². The second-order valence-electron chi connectivity index (χ2n) is 5.58. The molecule has 0 fully saturated rings. The van der Waals surface area contributed by atoms with Crippen LogP contribution in [0, 0.1) is 16.0 Å². The maximum Gasteiger partial charge on any atom is 0.467 e. The Balaban J connectivity index is 2.62. The van der Waals surface area contributed by atoms with Crippen molar-refractivity contribution in [1.29, 1.82) is 0 Å². The van der Waals surface area contributed by atoms with E-state index in [1.54, 1.807) is 32.0 Å². The minimum atomic E-state index is -2.08. The van der Waals surface area contributed by atoms with Crippen molar-refractivity contribution in [3.05, 3.63) is 33.9 Å². The van der Waals surface area contributed by atoms with Crippen molar-refractivity contribution >= 4 is 11.8 Å². The summed E-state index contributed by atoms with van der Waals surface area (Å²) >= 11 is 0. The molecule has 0 saturated heterocycles. The van der Waals surface area contributed by atoms with Crippen LogP contribution in [-0.2, 0) is 30.7 Å². The van der Waals surface area contributed by atoms with Crippen LogP contribution in [0.1, 0.15) is 25.8 Å². The van der Waals surface area contributed by atoms with Crippen molar-refractivity contribution in [3.8, 4) is 11.5 Å². The fourth-order valence-corrected chi connectivity index (χ4v) is 1.85. The zero-order chi connectivity index (χ0) is 19.7. The number of nitrogens with zero attached hydrogens (tertiary/aromatic N) is 1. The van der Waals surface area contributed by atoms with Crippen molar-refractivity contribution in [2.45, 2.75) is 33.3 Å². The summed E-state index contributed by atoms with van der Waals surface area (Å²) in [5, 5.41) is 10.9. The van der Waals surface area contributed by atoms with E-state index in [0.717, 1.165) is 0 Å². The number of methoxy groups -OCH3 is 2. The van der Waals surface area contributed by atoms with Gasteiger partial charge in [-0.2, -0.15) is 0 Å². The van der Waals surface area contributed by atoms with Crippen LogP contribution in [0.25, 0.3) is 0 Å². The molecule has 144 valence electrons. The second-order valence-corrected chi connectivity index (χ2v) is 5.58. The third-order valence-corrected chi connectivity index (χ3v) is 3.04. The Morgan fingerprint density at radius 2 is 1.81 bits per heavy atom. The molecule has 1 unspecified atom stereocenters. The molecular formula is C16H21NO9. The molecular weight excluding hydrogens is 350 g/mol. The Morgan fingerprint density at radius 3 is 2.35 bits per heavy atom. The van der Waals surface area contributed by atoms with E-state index in [2.05, 4.69) is 9.78 Å². The summed E-state index contributed by atoms with van der Waals surface area (Å²) < 4.78 is 15.2. The molecule has 0 saturated carbocycles. The highest BCUT2D eigenvalue weighted by atomic mass is 17.2. The summed E-state index contributed by atoms with van der Waals surface area (Å²) in [7, 11) is 2.92. The number of carbonyl (C=O) groups is 2. The summed E-state index contributed by atoms with van der Waals surface area (Å²) in [6, 6.07) is 4.77. The number of Topliss-reactive ketones (excluding diaryl/α,β-unsaturated/α-hetero) is 1. The molecule has 26 heavy (non-hydrogen) atoms. The highest BCUT2D eigenvalue weighted by Gasteiger charge is 2.27. The van der Waals surface area contributed by atoms with Crippen LogP contribution in [0.4, 0.5) is 0 Å². The molecule has 0 spiro atoms. The number of rotatable bonds is 11. The van der Waals surface area contributed by atoms with Gasteiger partial charge in [0, 0.05) is 6.42 Å². The monoisotopic (exact) mass is 371 g/mol. The van der Waals surface area contributed by atoms with Gasteiger partial charge in [0.1, 0.15) is 0 Å². The summed E-state index contributed by atoms with van der Waals surface area (Å²) in [6.07, 6.45) is -2.14. The van der Waals surface area contributed by atoms with Gasteiger partial charge in [-0.05, 0) is 23.6 Å². The van der Waals surface area contributed by atoms with Crippen LogP contribution in [-0.4, -0.2) is 37.3 Å². The Morgan fingerprint density at radius 1 is 1.15 bits per heavy atom. The molecule has 0 heterocycles. The minimum absolute atomic E-state index is 0.0577. The van der Waals surface area contributed by atoms with E-state index in [0.29, 0.717) is 17.1 Å². The van der Waals surface area contributed by atoms with Crippen molar-refractivity contribution < 1.29 is 38.5 Å². The van der Waals surface area contributed by atoms with Crippen molar-refractivity contribution in [2.24, 2.45) is 5.92 Å². The van der Waals surface area contributed by atoms with E-state index in [1.807, 2.05) is 0 Å². The fourth-order valence-electron chi connectivity index (χ4n) is 1.85. The van der Waals surface area contributed by atoms with Gasteiger partial charge in [-0.25, -0.2) is 4.79 Å². The molecule has 10 heteroatoms. The topological polar surface area (TPSA) is 123 Å². The van der Waals surface area contributed by atoms with Crippen molar-refractivity contribution in [3.63, 3.8) is 0 Å². The summed E-state index contributed by atoms with van der Waals surface area (Å²) in [5.41, 5.74) is 0.528. The van der Waals surface area contributed by atoms with Crippen molar-refractivity contribution in [1.82, 2.24) is 0 Å². The highest BCUT2D eigenvalue weighted by molar-refractivity contribution is 6.33. The standard InChI is InChI=1S/C16H21NO9/c1-10(2)7-12(18)15(19)25-26-16(17(20)21)24-9-11-5-6-13(22-3)14(8-11)23-4/h5-6,8,10,16H,7,9H2,1-4H3. The molecule has 1 rings (SSSR count). The first-order valence-corrected chi connectivity index (χ1v) is 7.65. The normalized spacial score (nSPS) is 11.7. The molecule has 0 aliphatic carbocycles. The lowest BCUT2D eigenvalue weighted by atomic mass is 10.1. The lowest BCUT2D eigenvalue weighted by Crippen LogP contribution is -2.30.